The van der Waals surface area contributed by atoms with E-state index in [2.05, 4.69) is 48.6 Å². The molecule has 1 aromatic heterocycles. The average Bonchev–Trinajstić information content (AvgIpc) is 2.68. The Balaban J connectivity index is 2.24. The number of rotatable bonds is 5. The molecule has 0 aliphatic heterocycles. The van der Waals surface area contributed by atoms with Crippen LogP contribution in [0.1, 0.15) is 32.5 Å². The van der Waals surface area contributed by atoms with Crippen LogP contribution in [0.3, 0.4) is 0 Å². The van der Waals surface area contributed by atoms with Gasteiger partial charge >= 0.3 is 0 Å². The summed E-state index contributed by atoms with van der Waals surface area (Å²) in [5.41, 5.74) is 8.55. The minimum absolute atomic E-state index is 0.204. The van der Waals surface area contributed by atoms with Gasteiger partial charge in [0.15, 0.2) is 0 Å². The molecule has 0 aliphatic rings. The second kappa shape index (κ2) is 5.53. The summed E-state index contributed by atoms with van der Waals surface area (Å²) in [5.74, 6) is 1.68. The van der Waals surface area contributed by atoms with E-state index in [0.717, 1.165) is 30.6 Å². The summed E-state index contributed by atoms with van der Waals surface area (Å²) in [4.78, 5) is 4.69. The second-order valence-corrected chi connectivity index (χ2v) is 5.02. The molecule has 1 heterocycles. The van der Waals surface area contributed by atoms with E-state index in [1.807, 2.05) is 6.07 Å². The molecule has 3 nitrogen and oxygen atoms in total. The zero-order valence-electron chi connectivity index (χ0n) is 11.6. The van der Waals surface area contributed by atoms with Crippen LogP contribution in [0.2, 0.25) is 0 Å². The lowest BCUT2D eigenvalue weighted by Gasteiger charge is -2.20. The Morgan fingerprint density at radius 2 is 1.89 bits per heavy atom. The Morgan fingerprint density at radius 1 is 1.22 bits per heavy atom. The molecule has 0 bridgehead atoms. The third-order valence-corrected chi connectivity index (χ3v) is 3.95. The summed E-state index contributed by atoms with van der Waals surface area (Å²) in [6.07, 6.45) is 3.14. The van der Waals surface area contributed by atoms with Crippen molar-refractivity contribution in [3.05, 3.63) is 30.1 Å². The van der Waals surface area contributed by atoms with Crippen molar-refractivity contribution < 1.29 is 0 Å². The van der Waals surface area contributed by atoms with Crippen molar-refractivity contribution in [1.29, 1.82) is 0 Å². The molecule has 0 spiro atoms. The average molecular weight is 245 g/mol. The molecule has 0 saturated carbocycles. The van der Waals surface area contributed by atoms with Crippen molar-refractivity contribution in [2.24, 2.45) is 18.7 Å². The highest BCUT2D eigenvalue weighted by Crippen LogP contribution is 2.19. The molecule has 2 aromatic rings. The third kappa shape index (κ3) is 2.41. The molecule has 1 unspecified atom stereocenters. The lowest BCUT2D eigenvalue weighted by Crippen LogP contribution is -2.32. The van der Waals surface area contributed by atoms with E-state index in [1.54, 1.807) is 0 Å². The zero-order chi connectivity index (χ0) is 13.1. The minimum atomic E-state index is 0.204. The van der Waals surface area contributed by atoms with Crippen LogP contribution in [0.15, 0.2) is 24.3 Å². The largest absolute Gasteiger partial charge is 0.331 e. The van der Waals surface area contributed by atoms with Gasteiger partial charge in [0.2, 0.25) is 0 Å². The molecule has 3 heteroatoms. The molecule has 2 N–H and O–H groups in total. The number of para-hydroxylation sites is 2. The molecular weight excluding hydrogens is 222 g/mol. The molecule has 0 fully saturated rings. The Kier molecular flexibility index (Phi) is 4.02. The molecular formula is C15H23N3. The molecule has 0 aliphatic carbocycles. The van der Waals surface area contributed by atoms with Gasteiger partial charge in [-0.15, -0.1) is 0 Å². The first-order valence-electron chi connectivity index (χ1n) is 6.83. The van der Waals surface area contributed by atoms with E-state index in [-0.39, 0.29) is 6.04 Å². The monoisotopic (exact) mass is 245 g/mol. The maximum absolute atomic E-state index is 6.31. The highest BCUT2D eigenvalue weighted by atomic mass is 15.1. The predicted molar refractivity (Wildman–Crippen MR) is 76.5 cm³/mol. The van der Waals surface area contributed by atoms with Crippen LogP contribution >= 0.6 is 0 Å². The predicted octanol–water partition coefficient (Wildman–Crippen LogP) is 2.88. The fourth-order valence-electron chi connectivity index (χ4n) is 2.65. The van der Waals surface area contributed by atoms with Crippen LogP contribution in [0.5, 0.6) is 0 Å². The van der Waals surface area contributed by atoms with Crippen molar-refractivity contribution in [3.63, 3.8) is 0 Å². The van der Waals surface area contributed by atoms with Crippen LogP contribution in [-0.4, -0.2) is 15.6 Å². The van der Waals surface area contributed by atoms with Gasteiger partial charge in [-0.2, -0.15) is 0 Å². The van der Waals surface area contributed by atoms with Crippen molar-refractivity contribution in [2.45, 2.75) is 39.2 Å². The summed E-state index contributed by atoms with van der Waals surface area (Å²) in [7, 11) is 2.07. The number of aryl methyl sites for hydroxylation is 1. The highest BCUT2D eigenvalue weighted by molar-refractivity contribution is 5.75. The molecule has 0 amide bonds. The van der Waals surface area contributed by atoms with Gasteiger partial charge in [0, 0.05) is 19.5 Å². The Morgan fingerprint density at radius 3 is 2.50 bits per heavy atom. The van der Waals surface area contributed by atoms with Gasteiger partial charge in [0.05, 0.1) is 11.0 Å². The summed E-state index contributed by atoms with van der Waals surface area (Å²) >= 11 is 0. The zero-order valence-corrected chi connectivity index (χ0v) is 11.6. The standard InChI is InChI=1S/C15H23N3/c1-4-11(5-2)12(16)10-15-17-13-8-6-7-9-14(13)18(15)3/h6-9,11-12H,4-5,10,16H2,1-3H3. The molecule has 0 saturated heterocycles. The second-order valence-electron chi connectivity index (χ2n) is 5.02. The van der Waals surface area contributed by atoms with Gasteiger partial charge in [-0.1, -0.05) is 38.8 Å². The fourth-order valence-corrected chi connectivity index (χ4v) is 2.65. The molecule has 2 rings (SSSR count). The Hall–Kier alpha value is -1.35. The van der Waals surface area contributed by atoms with Gasteiger partial charge in [0.1, 0.15) is 5.82 Å². The molecule has 1 atom stereocenters. The minimum Gasteiger partial charge on any atom is -0.331 e. The van der Waals surface area contributed by atoms with E-state index in [1.165, 1.54) is 5.52 Å². The van der Waals surface area contributed by atoms with Crippen LogP contribution in [0.25, 0.3) is 11.0 Å². The summed E-state index contributed by atoms with van der Waals surface area (Å²) in [6, 6.07) is 8.44. The first-order valence-corrected chi connectivity index (χ1v) is 6.83. The smallest absolute Gasteiger partial charge is 0.111 e. The van der Waals surface area contributed by atoms with Gasteiger partial charge in [-0.3, -0.25) is 0 Å². The van der Waals surface area contributed by atoms with Gasteiger partial charge in [-0.25, -0.2) is 4.98 Å². The third-order valence-electron chi connectivity index (χ3n) is 3.95. The van der Waals surface area contributed by atoms with Gasteiger partial charge < -0.3 is 10.3 Å². The van der Waals surface area contributed by atoms with Crippen LogP contribution < -0.4 is 5.73 Å². The summed E-state index contributed by atoms with van der Waals surface area (Å²) in [6.45, 7) is 4.42. The number of fused-ring (bicyclic) bond motifs is 1. The summed E-state index contributed by atoms with van der Waals surface area (Å²) < 4.78 is 2.16. The maximum Gasteiger partial charge on any atom is 0.111 e. The van der Waals surface area contributed by atoms with Crippen molar-refractivity contribution >= 4 is 11.0 Å². The Labute approximate surface area is 109 Å². The summed E-state index contributed by atoms with van der Waals surface area (Å²) in [5, 5.41) is 0. The topological polar surface area (TPSA) is 43.8 Å². The number of hydrogen-bond donors (Lipinski definition) is 1. The molecule has 98 valence electrons. The molecule has 0 radical (unpaired) electrons. The van der Waals surface area contributed by atoms with Crippen LogP contribution in [0.4, 0.5) is 0 Å². The number of aromatic nitrogens is 2. The van der Waals surface area contributed by atoms with E-state index < -0.39 is 0 Å². The number of nitrogens with two attached hydrogens (primary N) is 1. The quantitative estimate of drug-likeness (QED) is 0.880. The first-order chi connectivity index (χ1) is 8.67. The van der Waals surface area contributed by atoms with Crippen LogP contribution in [0, 0.1) is 5.92 Å². The SMILES string of the molecule is CCC(CC)C(N)Cc1nc2ccccc2n1C. The van der Waals surface area contributed by atoms with Gasteiger partial charge in [0.25, 0.3) is 0 Å². The van der Waals surface area contributed by atoms with E-state index in [0.29, 0.717) is 5.92 Å². The van der Waals surface area contributed by atoms with Crippen LogP contribution in [-0.2, 0) is 13.5 Å². The fraction of sp³-hybridized carbons (Fsp3) is 0.533. The molecule has 1 aromatic carbocycles. The maximum atomic E-state index is 6.31. The highest BCUT2D eigenvalue weighted by Gasteiger charge is 2.17. The number of hydrogen-bond acceptors (Lipinski definition) is 2. The van der Waals surface area contributed by atoms with Crippen molar-refractivity contribution in [3.8, 4) is 0 Å². The number of imidazole rings is 1. The number of nitrogens with zero attached hydrogens (tertiary/aromatic N) is 2. The lowest BCUT2D eigenvalue weighted by molar-refractivity contribution is 0.387. The first kappa shape index (κ1) is 13.1. The Bertz CT molecular complexity index is 511. The lowest BCUT2D eigenvalue weighted by atomic mass is 9.92. The van der Waals surface area contributed by atoms with Gasteiger partial charge in [-0.05, 0) is 18.1 Å². The van der Waals surface area contributed by atoms with E-state index in [4.69, 9.17) is 5.73 Å². The van der Waals surface area contributed by atoms with E-state index >= 15 is 0 Å². The number of benzene rings is 1. The van der Waals surface area contributed by atoms with Crippen molar-refractivity contribution in [2.75, 3.05) is 0 Å². The van der Waals surface area contributed by atoms with E-state index in [9.17, 15) is 0 Å². The normalized spacial score (nSPS) is 13.4. The van der Waals surface area contributed by atoms with Crippen molar-refractivity contribution in [1.82, 2.24) is 9.55 Å². The molecule has 18 heavy (non-hydrogen) atoms.